The van der Waals surface area contributed by atoms with Gasteiger partial charge in [0.25, 0.3) is 0 Å². The van der Waals surface area contributed by atoms with E-state index >= 15 is 0 Å². The van der Waals surface area contributed by atoms with Crippen molar-refractivity contribution >= 4 is 15.8 Å². The molecule has 0 bridgehead atoms. The third kappa shape index (κ3) is 3.05. The van der Waals surface area contributed by atoms with Crippen LogP contribution < -0.4 is 24.6 Å². The van der Waals surface area contributed by atoms with Gasteiger partial charge in [-0.05, 0) is 24.6 Å². The second kappa shape index (κ2) is 4.16. The number of hydrogen-bond donors (Lipinski definition) is 1. The van der Waals surface area contributed by atoms with Gasteiger partial charge in [-0.1, -0.05) is 6.07 Å². The summed E-state index contributed by atoms with van der Waals surface area (Å²) in [6, 6.07) is 3.91. The van der Waals surface area contributed by atoms with E-state index in [9.17, 15) is 13.0 Å². The van der Waals surface area contributed by atoms with Crippen molar-refractivity contribution in [3.05, 3.63) is 23.8 Å². The van der Waals surface area contributed by atoms with Crippen molar-refractivity contribution in [2.24, 2.45) is 0 Å². The molecule has 66 valence electrons. The van der Waals surface area contributed by atoms with E-state index in [4.69, 9.17) is 5.73 Å². The second-order valence-electron chi connectivity index (χ2n) is 2.47. The van der Waals surface area contributed by atoms with Crippen LogP contribution in [0, 0.1) is 6.92 Å². The maximum atomic E-state index is 10.5. The Hall–Kier alpha value is -0.473. The van der Waals surface area contributed by atoms with Crippen LogP contribution in [0.15, 0.2) is 23.1 Å². The van der Waals surface area contributed by atoms with Gasteiger partial charge in [-0.15, -0.1) is 0 Å². The molecule has 0 aliphatic carbocycles. The molecule has 0 atom stereocenters. The molecule has 0 heterocycles. The molecule has 0 aliphatic rings. The zero-order chi connectivity index (χ0) is 9.35. The minimum absolute atomic E-state index is 0. The predicted molar refractivity (Wildman–Crippen MR) is 43.6 cm³/mol. The topological polar surface area (TPSA) is 83.2 Å². The van der Waals surface area contributed by atoms with Crippen LogP contribution in [0.2, 0.25) is 0 Å². The third-order valence-corrected chi connectivity index (χ3v) is 2.37. The van der Waals surface area contributed by atoms with E-state index in [0.717, 1.165) is 11.6 Å². The van der Waals surface area contributed by atoms with Crippen LogP contribution in [0.5, 0.6) is 0 Å². The van der Waals surface area contributed by atoms with Crippen LogP contribution >= 0.6 is 0 Å². The van der Waals surface area contributed by atoms with Crippen molar-refractivity contribution in [1.82, 2.24) is 0 Å². The SMILES string of the molecule is Cc1ccc(S(=O)(=O)[O-])cc1N.[Li+]. The first kappa shape index (κ1) is 12.5. The summed E-state index contributed by atoms with van der Waals surface area (Å²) in [7, 11) is -4.37. The molecule has 0 spiro atoms. The maximum absolute atomic E-state index is 10.5. The Bertz CT molecular complexity index is 402. The fourth-order valence-corrected chi connectivity index (χ4v) is 1.28. The van der Waals surface area contributed by atoms with Crippen molar-refractivity contribution < 1.29 is 31.8 Å². The molecular weight excluding hydrogens is 185 g/mol. The molecule has 13 heavy (non-hydrogen) atoms. The fourth-order valence-electron chi connectivity index (χ4n) is 0.774. The molecule has 1 aromatic carbocycles. The Kier molecular flexibility index (Phi) is 4.01. The molecule has 1 rings (SSSR count). The zero-order valence-electron chi connectivity index (χ0n) is 7.44. The van der Waals surface area contributed by atoms with E-state index < -0.39 is 10.1 Å². The average Bonchev–Trinajstić information content (AvgIpc) is 1.92. The molecular formula is C7H8LiNO3S. The molecule has 0 amide bonds. The van der Waals surface area contributed by atoms with Crippen LogP contribution in [-0.2, 0) is 10.1 Å². The molecule has 0 unspecified atom stereocenters. The van der Waals surface area contributed by atoms with Gasteiger partial charge in [0.1, 0.15) is 10.1 Å². The smallest absolute Gasteiger partial charge is 0.744 e. The number of rotatable bonds is 1. The number of aryl methyl sites for hydroxylation is 1. The summed E-state index contributed by atoms with van der Waals surface area (Å²) in [5.41, 5.74) is 6.48. The van der Waals surface area contributed by atoms with Crippen molar-refractivity contribution in [3.8, 4) is 0 Å². The van der Waals surface area contributed by atoms with Crippen molar-refractivity contribution in [2.45, 2.75) is 11.8 Å². The quantitative estimate of drug-likeness (QED) is 0.303. The first-order valence-corrected chi connectivity index (χ1v) is 4.64. The van der Waals surface area contributed by atoms with Gasteiger partial charge in [-0.2, -0.15) is 0 Å². The van der Waals surface area contributed by atoms with Crippen LogP contribution in [0.25, 0.3) is 0 Å². The molecule has 4 nitrogen and oxygen atoms in total. The Morgan fingerprint density at radius 1 is 1.38 bits per heavy atom. The van der Waals surface area contributed by atoms with Crippen molar-refractivity contribution in [2.75, 3.05) is 5.73 Å². The number of anilines is 1. The summed E-state index contributed by atoms with van der Waals surface area (Å²) in [6.07, 6.45) is 0. The normalized spacial score (nSPS) is 10.6. The Morgan fingerprint density at radius 2 is 1.92 bits per heavy atom. The zero-order valence-corrected chi connectivity index (χ0v) is 8.26. The van der Waals surface area contributed by atoms with E-state index in [1.54, 1.807) is 6.92 Å². The molecule has 0 saturated carbocycles. The summed E-state index contributed by atoms with van der Waals surface area (Å²) < 4.78 is 31.5. The van der Waals surface area contributed by atoms with Gasteiger partial charge in [-0.25, -0.2) is 8.42 Å². The van der Waals surface area contributed by atoms with Crippen LogP contribution in [0.1, 0.15) is 5.56 Å². The number of benzene rings is 1. The van der Waals surface area contributed by atoms with Gasteiger partial charge >= 0.3 is 18.9 Å². The van der Waals surface area contributed by atoms with Crippen LogP contribution in [0.3, 0.4) is 0 Å². The molecule has 0 saturated heterocycles. The molecule has 0 fully saturated rings. The standard InChI is InChI=1S/C7H9NO3S.Li/c1-5-2-3-6(4-7(5)8)12(9,10)11;/h2-4H,8H2,1H3,(H,9,10,11);/q;+1/p-1. The Balaban J connectivity index is 0.00000144. The van der Waals surface area contributed by atoms with E-state index in [1.165, 1.54) is 12.1 Å². The summed E-state index contributed by atoms with van der Waals surface area (Å²) >= 11 is 0. The molecule has 2 N–H and O–H groups in total. The Morgan fingerprint density at radius 3 is 2.31 bits per heavy atom. The average molecular weight is 193 g/mol. The summed E-state index contributed by atoms with van der Waals surface area (Å²) in [6.45, 7) is 1.73. The van der Waals surface area contributed by atoms with E-state index in [1.807, 2.05) is 0 Å². The van der Waals surface area contributed by atoms with E-state index in [2.05, 4.69) is 0 Å². The monoisotopic (exact) mass is 193 g/mol. The molecule has 0 aromatic heterocycles. The largest absolute Gasteiger partial charge is 1.00 e. The van der Waals surface area contributed by atoms with Gasteiger partial charge in [0, 0.05) is 5.69 Å². The predicted octanol–water partition coefficient (Wildman–Crippen LogP) is -2.51. The minimum Gasteiger partial charge on any atom is -0.744 e. The third-order valence-electron chi connectivity index (χ3n) is 1.54. The van der Waals surface area contributed by atoms with Gasteiger partial charge in [-0.3, -0.25) is 0 Å². The molecule has 0 aliphatic heterocycles. The molecule has 6 heteroatoms. The van der Waals surface area contributed by atoms with Gasteiger partial charge in [0.05, 0.1) is 4.90 Å². The van der Waals surface area contributed by atoms with E-state index in [-0.39, 0.29) is 23.8 Å². The van der Waals surface area contributed by atoms with Crippen molar-refractivity contribution in [3.63, 3.8) is 0 Å². The van der Waals surface area contributed by atoms with Crippen LogP contribution in [0.4, 0.5) is 5.69 Å². The first-order chi connectivity index (χ1) is 5.41. The van der Waals surface area contributed by atoms with E-state index in [0.29, 0.717) is 5.69 Å². The number of nitrogens with two attached hydrogens (primary N) is 1. The number of hydrogen-bond acceptors (Lipinski definition) is 4. The van der Waals surface area contributed by atoms with Gasteiger partial charge in [0.2, 0.25) is 0 Å². The second-order valence-corrected chi connectivity index (χ2v) is 3.85. The van der Waals surface area contributed by atoms with Crippen molar-refractivity contribution in [1.29, 1.82) is 0 Å². The first-order valence-electron chi connectivity index (χ1n) is 3.23. The fraction of sp³-hybridized carbons (Fsp3) is 0.143. The maximum Gasteiger partial charge on any atom is 1.00 e. The molecule has 0 radical (unpaired) electrons. The summed E-state index contributed by atoms with van der Waals surface area (Å²) in [5.74, 6) is 0. The Labute approximate surface area is 89.1 Å². The summed E-state index contributed by atoms with van der Waals surface area (Å²) in [5, 5.41) is 0. The van der Waals surface area contributed by atoms with Gasteiger partial charge < -0.3 is 10.3 Å². The van der Waals surface area contributed by atoms with Gasteiger partial charge in [0.15, 0.2) is 0 Å². The minimum atomic E-state index is -4.37. The number of nitrogen functional groups attached to an aromatic ring is 1. The summed E-state index contributed by atoms with van der Waals surface area (Å²) in [4.78, 5) is -0.286. The van der Waals surface area contributed by atoms with Crippen LogP contribution in [-0.4, -0.2) is 13.0 Å². The molecule has 1 aromatic rings.